The fraction of sp³-hybridized carbons (Fsp3) is 0.185. The highest BCUT2D eigenvalue weighted by Gasteiger charge is 2.14. The van der Waals surface area contributed by atoms with Gasteiger partial charge in [-0.05, 0) is 55.2 Å². The van der Waals surface area contributed by atoms with Crippen LogP contribution in [-0.4, -0.2) is 27.0 Å². The highest BCUT2D eigenvalue weighted by Crippen LogP contribution is 2.25. The van der Waals surface area contributed by atoms with E-state index in [1.807, 2.05) is 30.3 Å². The summed E-state index contributed by atoms with van der Waals surface area (Å²) in [5, 5.41) is 11.8. The van der Waals surface area contributed by atoms with Crippen LogP contribution in [0.15, 0.2) is 72.8 Å². The summed E-state index contributed by atoms with van der Waals surface area (Å²) in [7, 11) is 0. The van der Waals surface area contributed by atoms with Gasteiger partial charge in [-0.3, -0.25) is 9.59 Å². The van der Waals surface area contributed by atoms with Gasteiger partial charge in [-0.15, -0.1) is 0 Å². The number of aromatic nitrogens is 2. The molecule has 0 aliphatic heterocycles. The first kappa shape index (κ1) is 23.0. The lowest BCUT2D eigenvalue weighted by molar-refractivity contribution is -0.137. The number of rotatable bonds is 9. The van der Waals surface area contributed by atoms with E-state index < -0.39 is 5.97 Å². The molecule has 1 amide bonds. The van der Waals surface area contributed by atoms with Gasteiger partial charge in [0.15, 0.2) is 0 Å². The number of nitrogens with zero attached hydrogens (tertiary/aromatic N) is 2. The van der Waals surface area contributed by atoms with Crippen LogP contribution >= 0.6 is 0 Å². The Morgan fingerprint density at radius 2 is 1.65 bits per heavy atom. The molecule has 0 aliphatic rings. The van der Waals surface area contributed by atoms with Crippen LogP contribution in [0.4, 0.5) is 4.39 Å². The zero-order valence-electron chi connectivity index (χ0n) is 18.5. The second-order valence-corrected chi connectivity index (χ2v) is 8.00. The van der Waals surface area contributed by atoms with Gasteiger partial charge in [0.25, 0.3) is 5.91 Å². The molecule has 0 fully saturated rings. The van der Waals surface area contributed by atoms with Gasteiger partial charge >= 0.3 is 5.97 Å². The maximum Gasteiger partial charge on any atom is 0.303 e. The Kier molecular flexibility index (Phi) is 7.22. The van der Waals surface area contributed by atoms with Crippen LogP contribution in [0, 0.1) is 5.82 Å². The van der Waals surface area contributed by atoms with Gasteiger partial charge < -0.3 is 10.4 Å². The van der Waals surface area contributed by atoms with Crippen molar-refractivity contribution in [1.29, 1.82) is 0 Å². The van der Waals surface area contributed by atoms with E-state index in [1.165, 1.54) is 12.1 Å². The topological polar surface area (TPSA) is 92.2 Å². The Morgan fingerprint density at radius 1 is 0.882 bits per heavy atom. The van der Waals surface area contributed by atoms with Crippen molar-refractivity contribution in [3.63, 3.8) is 0 Å². The van der Waals surface area contributed by atoms with Gasteiger partial charge in [0.05, 0.1) is 22.4 Å². The SMILES string of the molecule is O=C(O)CCCCc1nc2cc(C(=O)NCc3ccc(F)cc3)ccc2nc1-c1ccccc1. The van der Waals surface area contributed by atoms with Crippen molar-refractivity contribution in [3.05, 3.63) is 95.4 Å². The summed E-state index contributed by atoms with van der Waals surface area (Å²) in [5.41, 5.74) is 4.99. The van der Waals surface area contributed by atoms with Crippen LogP contribution in [0.3, 0.4) is 0 Å². The molecule has 172 valence electrons. The number of carboxylic acids is 1. The zero-order chi connectivity index (χ0) is 23.9. The van der Waals surface area contributed by atoms with E-state index in [2.05, 4.69) is 5.32 Å². The predicted octanol–water partition coefficient (Wildman–Crippen LogP) is 5.16. The fourth-order valence-corrected chi connectivity index (χ4v) is 3.69. The summed E-state index contributed by atoms with van der Waals surface area (Å²) in [6.07, 6.45) is 1.92. The number of halogens is 1. The van der Waals surface area contributed by atoms with Crippen LogP contribution in [0.2, 0.25) is 0 Å². The first-order valence-electron chi connectivity index (χ1n) is 11.1. The fourth-order valence-electron chi connectivity index (χ4n) is 3.69. The molecule has 6 nitrogen and oxygen atoms in total. The molecule has 34 heavy (non-hydrogen) atoms. The van der Waals surface area contributed by atoms with Crippen LogP contribution in [-0.2, 0) is 17.8 Å². The smallest absolute Gasteiger partial charge is 0.303 e. The van der Waals surface area contributed by atoms with E-state index >= 15 is 0 Å². The van der Waals surface area contributed by atoms with Crippen molar-refractivity contribution >= 4 is 22.9 Å². The van der Waals surface area contributed by atoms with E-state index in [4.69, 9.17) is 15.1 Å². The molecule has 0 atom stereocenters. The second-order valence-electron chi connectivity index (χ2n) is 8.00. The highest BCUT2D eigenvalue weighted by molar-refractivity contribution is 5.97. The van der Waals surface area contributed by atoms with E-state index in [0.29, 0.717) is 35.9 Å². The van der Waals surface area contributed by atoms with Crippen molar-refractivity contribution in [2.24, 2.45) is 0 Å². The quantitative estimate of drug-likeness (QED) is 0.339. The summed E-state index contributed by atoms with van der Waals surface area (Å²) in [6, 6.07) is 20.9. The summed E-state index contributed by atoms with van der Waals surface area (Å²) in [6.45, 7) is 0.282. The average molecular weight is 458 g/mol. The van der Waals surface area contributed by atoms with Crippen LogP contribution in [0.1, 0.15) is 40.9 Å². The molecule has 0 aliphatic carbocycles. The Bertz CT molecular complexity index is 1310. The van der Waals surface area contributed by atoms with Gasteiger partial charge in [0, 0.05) is 24.1 Å². The minimum absolute atomic E-state index is 0.111. The highest BCUT2D eigenvalue weighted by atomic mass is 19.1. The molecule has 0 radical (unpaired) electrons. The minimum atomic E-state index is -0.816. The van der Waals surface area contributed by atoms with Crippen LogP contribution in [0.25, 0.3) is 22.3 Å². The number of carboxylic acid groups (broad SMARTS) is 1. The number of carbonyl (C=O) groups is 2. The van der Waals surface area contributed by atoms with E-state index in [0.717, 1.165) is 22.5 Å². The molecular formula is C27H24FN3O3. The molecule has 0 bridgehead atoms. The molecule has 1 heterocycles. The van der Waals surface area contributed by atoms with Gasteiger partial charge in [-0.2, -0.15) is 0 Å². The molecular weight excluding hydrogens is 433 g/mol. The van der Waals surface area contributed by atoms with Gasteiger partial charge in [0.1, 0.15) is 5.82 Å². The van der Waals surface area contributed by atoms with Crippen molar-refractivity contribution in [2.75, 3.05) is 0 Å². The Hall–Kier alpha value is -4.13. The van der Waals surface area contributed by atoms with Crippen molar-refractivity contribution in [2.45, 2.75) is 32.2 Å². The van der Waals surface area contributed by atoms with Gasteiger partial charge in [-0.1, -0.05) is 42.5 Å². The molecule has 0 saturated heterocycles. The Labute approximate surface area is 196 Å². The maximum absolute atomic E-state index is 13.1. The predicted molar refractivity (Wildman–Crippen MR) is 128 cm³/mol. The number of unbranched alkanes of at least 4 members (excludes halogenated alkanes) is 1. The molecule has 4 rings (SSSR count). The molecule has 1 aromatic heterocycles. The Balaban J connectivity index is 1.58. The second kappa shape index (κ2) is 10.7. The molecule has 4 aromatic rings. The number of hydrogen-bond acceptors (Lipinski definition) is 4. The Morgan fingerprint density at radius 3 is 2.38 bits per heavy atom. The molecule has 0 saturated carbocycles. The summed E-state index contributed by atoms with van der Waals surface area (Å²) >= 11 is 0. The van der Waals surface area contributed by atoms with E-state index in [-0.39, 0.29) is 24.7 Å². The van der Waals surface area contributed by atoms with Crippen LogP contribution in [0.5, 0.6) is 0 Å². The molecule has 0 spiro atoms. The summed E-state index contributed by atoms with van der Waals surface area (Å²) < 4.78 is 13.1. The number of aryl methyl sites for hydroxylation is 1. The normalized spacial score (nSPS) is 10.9. The minimum Gasteiger partial charge on any atom is -0.481 e. The van der Waals surface area contributed by atoms with Crippen molar-refractivity contribution in [1.82, 2.24) is 15.3 Å². The number of aliphatic carboxylic acids is 1. The van der Waals surface area contributed by atoms with E-state index in [9.17, 15) is 14.0 Å². The van der Waals surface area contributed by atoms with E-state index in [1.54, 1.807) is 30.3 Å². The number of benzene rings is 3. The summed E-state index contributed by atoms with van der Waals surface area (Å²) in [4.78, 5) is 33.2. The maximum atomic E-state index is 13.1. The molecule has 7 heteroatoms. The third-order valence-electron chi connectivity index (χ3n) is 5.47. The number of amides is 1. The van der Waals surface area contributed by atoms with Crippen LogP contribution < -0.4 is 5.32 Å². The van der Waals surface area contributed by atoms with Gasteiger partial charge in [0.2, 0.25) is 0 Å². The van der Waals surface area contributed by atoms with Crippen molar-refractivity contribution < 1.29 is 19.1 Å². The molecule has 0 unspecified atom stereocenters. The average Bonchev–Trinajstić information content (AvgIpc) is 2.85. The third-order valence-corrected chi connectivity index (χ3v) is 5.47. The summed E-state index contributed by atoms with van der Waals surface area (Å²) in [5.74, 6) is -1.40. The first-order chi connectivity index (χ1) is 16.5. The zero-order valence-corrected chi connectivity index (χ0v) is 18.5. The number of fused-ring (bicyclic) bond motifs is 1. The largest absolute Gasteiger partial charge is 0.481 e. The standard InChI is InChI=1S/C27H24FN3O3/c28-21-13-10-18(11-14-21)17-29-27(34)20-12-15-22-24(16-20)30-23(8-4-5-9-25(32)33)26(31-22)19-6-2-1-3-7-19/h1-3,6-7,10-16H,4-5,8-9,17H2,(H,29,34)(H,32,33). The number of hydrogen-bond donors (Lipinski definition) is 2. The lowest BCUT2D eigenvalue weighted by atomic mass is 10.0. The monoisotopic (exact) mass is 457 g/mol. The van der Waals surface area contributed by atoms with Gasteiger partial charge in [-0.25, -0.2) is 14.4 Å². The number of carbonyl (C=O) groups excluding carboxylic acids is 1. The molecule has 2 N–H and O–H groups in total. The first-order valence-corrected chi connectivity index (χ1v) is 11.1. The molecule has 3 aromatic carbocycles. The lowest BCUT2D eigenvalue weighted by Crippen LogP contribution is -2.22. The number of nitrogens with one attached hydrogen (secondary N) is 1. The lowest BCUT2D eigenvalue weighted by Gasteiger charge is -2.11. The van der Waals surface area contributed by atoms with Crippen molar-refractivity contribution in [3.8, 4) is 11.3 Å². The third kappa shape index (κ3) is 5.81.